The van der Waals surface area contributed by atoms with Crippen molar-refractivity contribution in [2.75, 3.05) is 7.11 Å². The highest BCUT2D eigenvalue weighted by molar-refractivity contribution is 7.17. The van der Waals surface area contributed by atoms with Gasteiger partial charge in [-0.15, -0.1) is 11.3 Å². The topological polar surface area (TPSA) is 89.9 Å². The molecule has 3 heterocycles. The maximum atomic E-state index is 12.8. The number of furan rings is 1. The van der Waals surface area contributed by atoms with Crippen LogP contribution in [0.15, 0.2) is 62.6 Å². The third-order valence-corrected chi connectivity index (χ3v) is 4.69. The van der Waals surface area contributed by atoms with E-state index in [1.807, 2.05) is 5.38 Å². The molecule has 0 aliphatic rings. The second-order valence-corrected chi connectivity index (χ2v) is 6.24. The van der Waals surface area contributed by atoms with Crippen molar-refractivity contribution in [3.8, 4) is 22.8 Å². The van der Waals surface area contributed by atoms with Crippen molar-refractivity contribution in [1.29, 1.82) is 0 Å². The number of fused-ring (bicyclic) bond motifs is 1. The van der Waals surface area contributed by atoms with Crippen LogP contribution in [0.3, 0.4) is 0 Å². The van der Waals surface area contributed by atoms with Crippen molar-refractivity contribution in [3.63, 3.8) is 0 Å². The fourth-order valence-electron chi connectivity index (χ4n) is 2.52. The van der Waals surface area contributed by atoms with E-state index in [4.69, 9.17) is 9.15 Å². The molecule has 0 fully saturated rings. The SMILES string of the molecule is COc1cc(/C=N/n2cnc3scc(-c4ccco4)c3c2=O)ccc1O. The van der Waals surface area contributed by atoms with E-state index in [0.29, 0.717) is 32.9 Å². The number of hydrogen-bond acceptors (Lipinski definition) is 7. The number of ether oxygens (including phenoxy) is 1. The molecule has 0 radical (unpaired) electrons. The zero-order valence-corrected chi connectivity index (χ0v) is 14.4. The first-order valence-corrected chi connectivity index (χ1v) is 8.49. The monoisotopic (exact) mass is 367 g/mol. The Morgan fingerprint density at radius 3 is 3.04 bits per heavy atom. The molecule has 1 N–H and O–H groups in total. The molecule has 0 saturated carbocycles. The molecule has 130 valence electrons. The number of rotatable bonds is 4. The normalized spacial score (nSPS) is 11.4. The van der Waals surface area contributed by atoms with Crippen LogP contribution >= 0.6 is 11.3 Å². The minimum atomic E-state index is -0.287. The van der Waals surface area contributed by atoms with Gasteiger partial charge in [0, 0.05) is 10.9 Å². The highest BCUT2D eigenvalue weighted by Gasteiger charge is 2.14. The molecule has 0 atom stereocenters. The van der Waals surface area contributed by atoms with Crippen LogP contribution in [0.5, 0.6) is 11.5 Å². The van der Waals surface area contributed by atoms with Gasteiger partial charge in [0.1, 0.15) is 16.9 Å². The summed E-state index contributed by atoms with van der Waals surface area (Å²) in [4.78, 5) is 17.7. The van der Waals surface area contributed by atoms with E-state index in [-0.39, 0.29) is 11.3 Å². The van der Waals surface area contributed by atoms with Gasteiger partial charge in [0.05, 0.1) is 25.0 Å². The highest BCUT2D eigenvalue weighted by Crippen LogP contribution is 2.30. The van der Waals surface area contributed by atoms with Gasteiger partial charge in [-0.2, -0.15) is 9.78 Å². The summed E-state index contributed by atoms with van der Waals surface area (Å²) in [6.45, 7) is 0. The maximum Gasteiger partial charge on any atom is 0.283 e. The summed E-state index contributed by atoms with van der Waals surface area (Å²) >= 11 is 1.38. The molecule has 26 heavy (non-hydrogen) atoms. The summed E-state index contributed by atoms with van der Waals surface area (Å²) in [5.41, 5.74) is 1.08. The lowest BCUT2D eigenvalue weighted by atomic mass is 10.2. The van der Waals surface area contributed by atoms with Crippen LogP contribution in [0.1, 0.15) is 5.56 Å². The van der Waals surface area contributed by atoms with Gasteiger partial charge in [-0.25, -0.2) is 4.98 Å². The molecule has 1 aromatic carbocycles. The highest BCUT2D eigenvalue weighted by atomic mass is 32.1. The standard InChI is InChI=1S/C18H13N3O4S/c1-24-15-7-11(4-5-13(15)22)8-20-21-10-19-17-16(18(21)23)12(9-26-17)14-3-2-6-25-14/h2-10,22H,1H3/b20-8+. The van der Waals surface area contributed by atoms with Crippen LogP contribution in [0, 0.1) is 0 Å². The first-order valence-electron chi connectivity index (χ1n) is 7.61. The molecular formula is C18H13N3O4S. The second kappa shape index (κ2) is 6.49. The number of phenols is 1. The lowest BCUT2D eigenvalue weighted by Gasteiger charge is -2.03. The molecule has 0 amide bonds. The maximum absolute atomic E-state index is 12.8. The minimum absolute atomic E-state index is 0.0336. The fraction of sp³-hybridized carbons (Fsp3) is 0.0556. The number of hydrogen-bond donors (Lipinski definition) is 1. The van der Waals surface area contributed by atoms with Crippen molar-refractivity contribution in [1.82, 2.24) is 9.66 Å². The summed E-state index contributed by atoms with van der Waals surface area (Å²) in [5.74, 6) is 0.972. The van der Waals surface area contributed by atoms with Crippen molar-refractivity contribution >= 4 is 27.8 Å². The molecular weight excluding hydrogens is 354 g/mol. The minimum Gasteiger partial charge on any atom is -0.504 e. The fourth-order valence-corrected chi connectivity index (χ4v) is 3.41. The molecule has 8 heteroatoms. The van der Waals surface area contributed by atoms with E-state index < -0.39 is 0 Å². The number of aromatic hydroxyl groups is 1. The molecule has 0 spiro atoms. The summed E-state index contributed by atoms with van der Waals surface area (Å²) < 4.78 is 11.6. The molecule has 7 nitrogen and oxygen atoms in total. The third-order valence-electron chi connectivity index (χ3n) is 3.80. The molecule has 0 aliphatic carbocycles. The van der Waals surface area contributed by atoms with Crippen LogP contribution in [-0.2, 0) is 0 Å². The van der Waals surface area contributed by atoms with E-state index in [2.05, 4.69) is 10.1 Å². The van der Waals surface area contributed by atoms with Gasteiger partial charge < -0.3 is 14.3 Å². The van der Waals surface area contributed by atoms with Crippen LogP contribution in [0.25, 0.3) is 21.5 Å². The Bertz CT molecular complexity index is 1160. The molecule has 0 unspecified atom stereocenters. The summed E-state index contributed by atoms with van der Waals surface area (Å²) in [6.07, 6.45) is 4.43. The van der Waals surface area contributed by atoms with Crippen LogP contribution in [-0.4, -0.2) is 28.1 Å². The van der Waals surface area contributed by atoms with Gasteiger partial charge in [-0.1, -0.05) is 0 Å². The van der Waals surface area contributed by atoms with Gasteiger partial charge in [0.2, 0.25) is 0 Å². The van der Waals surface area contributed by atoms with E-state index in [1.54, 1.807) is 30.5 Å². The van der Waals surface area contributed by atoms with Gasteiger partial charge >= 0.3 is 0 Å². The predicted octanol–water partition coefficient (Wildman–Crippen LogP) is 3.31. The average Bonchev–Trinajstić information content (AvgIpc) is 3.31. The van der Waals surface area contributed by atoms with Gasteiger partial charge in [-0.3, -0.25) is 4.79 Å². The molecule has 0 aliphatic heterocycles. The first-order chi connectivity index (χ1) is 12.7. The Balaban J connectivity index is 1.77. The van der Waals surface area contributed by atoms with Crippen LogP contribution < -0.4 is 10.3 Å². The number of aromatic nitrogens is 2. The first kappa shape index (κ1) is 16.1. The van der Waals surface area contributed by atoms with Gasteiger partial charge in [0.25, 0.3) is 5.56 Å². The molecule has 0 bridgehead atoms. The van der Waals surface area contributed by atoms with E-state index in [1.165, 1.54) is 41.7 Å². The Hall–Kier alpha value is -3.39. The number of thiophene rings is 1. The van der Waals surface area contributed by atoms with E-state index in [9.17, 15) is 9.90 Å². The Kier molecular flexibility index (Phi) is 4.02. The quantitative estimate of drug-likeness (QED) is 0.559. The smallest absolute Gasteiger partial charge is 0.283 e. The summed E-state index contributed by atoms with van der Waals surface area (Å²) in [6, 6.07) is 8.35. The summed E-state index contributed by atoms with van der Waals surface area (Å²) in [5, 5.41) is 16.1. The molecule has 4 aromatic rings. The third kappa shape index (κ3) is 2.76. The number of nitrogens with zero attached hydrogens (tertiary/aromatic N) is 3. The zero-order valence-electron chi connectivity index (χ0n) is 13.6. The van der Waals surface area contributed by atoms with E-state index >= 15 is 0 Å². The predicted molar refractivity (Wildman–Crippen MR) is 99.2 cm³/mol. The summed E-state index contributed by atoms with van der Waals surface area (Å²) in [7, 11) is 1.46. The molecule has 0 saturated heterocycles. The number of methoxy groups -OCH3 is 1. The van der Waals surface area contributed by atoms with Crippen LogP contribution in [0.4, 0.5) is 0 Å². The number of benzene rings is 1. The zero-order chi connectivity index (χ0) is 18.1. The van der Waals surface area contributed by atoms with E-state index in [0.717, 1.165) is 0 Å². The Morgan fingerprint density at radius 1 is 1.38 bits per heavy atom. The van der Waals surface area contributed by atoms with Crippen molar-refractivity contribution in [2.24, 2.45) is 5.10 Å². The van der Waals surface area contributed by atoms with Crippen molar-refractivity contribution in [2.45, 2.75) is 0 Å². The average molecular weight is 367 g/mol. The van der Waals surface area contributed by atoms with Gasteiger partial charge in [-0.05, 0) is 35.9 Å². The Morgan fingerprint density at radius 2 is 2.27 bits per heavy atom. The molecule has 3 aromatic heterocycles. The molecule has 4 rings (SSSR count). The van der Waals surface area contributed by atoms with Crippen molar-refractivity contribution in [3.05, 3.63) is 64.2 Å². The second-order valence-electron chi connectivity index (χ2n) is 5.38. The largest absolute Gasteiger partial charge is 0.504 e. The van der Waals surface area contributed by atoms with Crippen LogP contribution in [0.2, 0.25) is 0 Å². The lowest BCUT2D eigenvalue weighted by molar-refractivity contribution is 0.373. The Labute approximate surface area is 151 Å². The van der Waals surface area contributed by atoms with Gasteiger partial charge in [0.15, 0.2) is 11.5 Å². The van der Waals surface area contributed by atoms with Crippen molar-refractivity contribution < 1.29 is 14.3 Å². The number of phenolic OH excluding ortho intramolecular Hbond substituents is 1. The lowest BCUT2D eigenvalue weighted by Crippen LogP contribution is -2.16.